The Balaban J connectivity index is 2.46. The van der Waals surface area contributed by atoms with E-state index in [9.17, 15) is 0 Å². The zero-order valence-electron chi connectivity index (χ0n) is 13.9. The summed E-state index contributed by atoms with van der Waals surface area (Å²) in [6.07, 6.45) is 0. The fraction of sp³-hybridized carbons (Fsp3) is 0.444. The average molecular weight is 283 g/mol. The predicted octanol–water partition coefficient (Wildman–Crippen LogP) is 4.68. The molecule has 0 atom stereocenters. The van der Waals surface area contributed by atoms with Crippen molar-refractivity contribution < 1.29 is 0 Å². The quantitative estimate of drug-likeness (QED) is 0.815. The maximum atomic E-state index is 4.60. The van der Waals surface area contributed by atoms with Gasteiger partial charge in [0.05, 0.1) is 0 Å². The topological polar surface area (TPSA) is 29.0 Å². The Labute approximate surface area is 128 Å². The molecule has 0 spiro atoms. The van der Waals surface area contributed by atoms with Gasteiger partial charge in [0.2, 0.25) is 5.95 Å². The Bertz CT molecular complexity index is 612. The highest BCUT2D eigenvalue weighted by Crippen LogP contribution is 2.28. The second kappa shape index (κ2) is 6.25. The van der Waals surface area contributed by atoms with Crippen LogP contribution in [0.2, 0.25) is 0 Å². The molecule has 3 heteroatoms. The number of hydrogen-bond acceptors (Lipinski definition) is 3. The molecule has 0 unspecified atom stereocenters. The Kier molecular flexibility index (Phi) is 4.61. The highest BCUT2D eigenvalue weighted by molar-refractivity contribution is 5.62. The van der Waals surface area contributed by atoms with Crippen LogP contribution in [0.5, 0.6) is 0 Å². The van der Waals surface area contributed by atoms with Crippen LogP contribution in [-0.2, 0) is 0 Å². The zero-order valence-corrected chi connectivity index (χ0v) is 13.9. The third kappa shape index (κ3) is 3.41. The Hall–Kier alpha value is -1.90. The summed E-state index contributed by atoms with van der Waals surface area (Å²) in [5.74, 6) is 1.33. The van der Waals surface area contributed by atoms with E-state index in [-0.39, 0.29) is 0 Å². The molecule has 2 aromatic rings. The van der Waals surface area contributed by atoms with Crippen molar-refractivity contribution in [1.29, 1.82) is 0 Å². The second-order valence-corrected chi connectivity index (χ2v) is 5.90. The van der Waals surface area contributed by atoms with Gasteiger partial charge in [0, 0.05) is 23.6 Å². The smallest absolute Gasteiger partial charge is 0.230 e. The lowest BCUT2D eigenvalue weighted by atomic mass is 10.00. The molecule has 0 aliphatic rings. The Morgan fingerprint density at radius 2 is 1.62 bits per heavy atom. The van der Waals surface area contributed by atoms with Crippen LogP contribution in [0.25, 0.3) is 0 Å². The van der Waals surface area contributed by atoms with Gasteiger partial charge in [-0.15, -0.1) is 0 Å². The van der Waals surface area contributed by atoms with Crippen molar-refractivity contribution in [3.8, 4) is 0 Å². The van der Waals surface area contributed by atoms with Gasteiger partial charge in [-0.25, -0.2) is 9.97 Å². The number of hydrogen-bond donors (Lipinski definition) is 0. The van der Waals surface area contributed by atoms with Crippen LogP contribution in [0, 0.1) is 20.8 Å². The first kappa shape index (κ1) is 15.5. The number of benzene rings is 1. The van der Waals surface area contributed by atoms with Crippen LogP contribution in [0.4, 0.5) is 11.6 Å². The summed E-state index contributed by atoms with van der Waals surface area (Å²) in [4.78, 5) is 11.4. The van der Waals surface area contributed by atoms with Gasteiger partial charge in [0.1, 0.15) is 0 Å². The SMILES string of the molecule is CCN(c1nc(C)cc(C)n1)c1ccc(C(C)C)cc1C. The van der Waals surface area contributed by atoms with Crippen LogP contribution >= 0.6 is 0 Å². The molecule has 1 aromatic carbocycles. The molecule has 1 heterocycles. The van der Waals surface area contributed by atoms with Crippen molar-refractivity contribution in [3.05, 3.63) is 46.8 Å². The largest absolute Gasteiger partial charge is 0.311 e. The molecule has 21 heavy (non-hydrogen) atoms. The van der Waals surface area contributed by atoms with Crippen LogP contribution in [-0.4, -0.2) is 16.5 Å². The van der Waals surface area contributed by atoms with Gasteiger partial charge in [0.25, 0.3) is 0 Å². The van der Waals surface area contributed by atoms with Crippen molar-refractivity contribution in [1.82, 2.24) is 9.97 Å². The van der Waals surface area contributed by atoms with Crippen LogP contribution in [0.1, 0.15) is 49.2 Å². The molecule has 1 aromatic heterocycles. The summed E-state index contributed by atoms with van der Waals surface area (Å²) in [5.41, 5.74) is 5.84. The molecule has 3 nitrogen and oxygen atoms in total. The third-order valence-electron chi connectivity index (χ3n) is 3.71. The fourth-order valence-electron chi connectivity index (χ4n) is 2.59. The monoisotopic (exact) mass is 283 g/mol. The van der Waals surface area contributed by atoms with Crippen LogP contribution < -0.4 is 4.90 Å². The molecule has 2 rings (SSSR count). The summed E-state index contributed by atoms with van der Waals surface area (Å²) in [6, 6.07) is 8.67. The van der Waals surface area contributed by atoms with Crippen LogP contribution in [0.3, 0.4) is 0 Å². The van der Waals surface area contributed by atoms with E-state index in [0.29, 0.717) is 5.92 Å². The Morgan fingerprint density at radius 3 is 2.10 bits per heavy atom. The predicted molar refractivity (Wildman–Crippen MR) is 89.5 cm³/mol. The van der Waals surface area contributed by atoms with Gasteiger partial charge in [-0.2, -0.15) is 0 Å². The lowest BCUT2D eigenvalue weighted by molar-refractivity contribution is 0.861. The molecule has 0 aliphatic heterocycles. The first-order chi connectivity index (χ1) is 9.92. The first-order valence-corrected chi connectivity index (χ1v) is 7.62. The summed E-state index contributed by atoms with van der Waals surface area (Å²) >= 11 is 0. The molecular formula is C18H25N3. The molecule has 0 saturated heterocycles. The highest BCUT2D eigenvalue weighted by Gasteiger charge is 2.14. The van der Waals surface area contributed by atoms with Gasteiger partial charge in [-0.3, -0.25) is 0 Å². The molecule has 0 bridgehead atoms. The maximum Gasteiger partial charge on any atom is 0.230 e. The summed E-state index contributed by atoms with van der Waals surface area (Å²) < 4.78 is 0. The van der Waals surface area contributed by atoms with Gasteiger partial charge in [-0.1, -0.05) is 26.0 Å². The minimum absolute atomic E-state index is 0.547. The molecule has 0 radical (unpaired) electrons. The van der Waals surface area contributed by atoms with Crippen molar-refractivity contribution in [3.63, 3.8) is 0 Å². The molecule has 0 amide bonds. The van der Waals surface area contributed by atoms with E-state index in [1.165, 1.54) is 16.8 Å². The van der Waals surface area contributed by atoms with Crippen molar-refractivity contribution >= 4 is 11.6 Å². The number of rotatable bonds is 4. The standard InChI is InChI=1S/C18H25N3/c1-7-21(18-19-14(5)11-15(6)20-18)17-9-8-16(12(2)3)10-13(17)4/h8-12H,7H2,1-6H3. The van der Waals surface area contributed by atoms with E-state index in [1.54, 1.807) is 0 Å². The summed E-state index contributed by atoms with van der Waals surface area (Å²) in [7, 11) is 0. The number of aryl methyl sites for hydroxylation is 3. The highest BCUT2D eigenvalue weighted by atomic mass is 15.3. The minimum Gasteiger partial charge on any atom is -0.311 e. The zero-order chi connectivity index (χ0) is 15.6. The van der Waals surface area contributed by atoms with Gasteiger partial charge < -0.3 is 4.90 Å². The third-order valence-corrected chi connectivity index (χ3v) is 3.71. The van der Waals surface area contributed by atoms with Crippen molar-refractivity contribution in [2.45, 2.75) is 47.5 Å². The average Bonchev–Trinajstić information content (AvgIpc) is 2.40. The first-order valence-electron chi connectivity index (χ1n) is 7.62. The molecule has 0 fully saturated rings. The van der Waals surface area contributed by atoms with E-state index in [1.807, 2.05) is 19.9 Å². The molecule has 0 saturated carbocycles. The molecule has 0 N–H and O–H groups in total. The second-order valence-electron chi connectivity index (χ2n) is 5.90. The molecule has 0 aliphatic carbocycles. The van der Waals surface area contributed by atoms with Crippen molar-refractivity contribution in [2.24, 2.45) is 0 Å². The minimum atomic E-state index is 0.547. The van der Waals surface area contributed by atoms with E-state index in [4.69, 9.17) is 0 Å². The fourth-order valence-corrected chi connectivity index (χ4v) is 2.59. The van der Waals surface area contributed by atoms with Crippen LogP contribution in [0.15, 0.2) is 24.3 Å². The van der Waals surface area contributed by atoms with E-state index >= 15 is 0 Å². The molecule has 112 valence electrons. The van der Waals surface area contributed by atoms with E-state index in [2.05, 4.69) is 60.8 Å². The van der Waals surface area contributed by atoms with Gasteiger partial charge in [0.15, 0.2) is 0 Å². The molecular weight excluding hydrogens is 258 g/mol. The number of anilines is 2. The lowest BCUT2D eigenvalue weighted by Gasteiger charge is -2.24. The Morgan fingerprint density at radius 1 is 1.00 bits per heavy atom. The van der Waals surface area contributed by atoms with Crippen molar-refractivity contribution in [2.75, 3.05) is 11.4 Å². The number of nitrogens with zero attached hydrogens (tertiary/aromatic N) is 3. The van der Waals surface area contributed by atoms with E-state index < -0.39 is 0 Å². The lowest BCUT2D eigenvalue weighted by Crippen LogP contribution is -2.20. The van der Waals surface area contributed by atoms with E-state index in [0.717, 1.165) is 23.9 Å². The summed E-state index contributed by atoms with van der Waals surface area (Å²) in [6.45, 7) is 13.6. The van der Waals surface area contributed by atoms with Gasteiger partial charge in [-0.05, 0) is 56.9 Å². The van der Waals surface area contributed by atoms with Gasteiger partial charge >= 0.3 is 0 Å². The number of aromatic nitrogens is 2. The normalized spacial score (nSPS) is 11.0. The maximum absolute atomic E-state index is 4.60. The summed E-state index contributed by atoms with van der Waals surface area (Å²) in [5, 5.41) is 0.